The molecular weight excluding hydrogens is 651 g/mol. The van der Waals surface area contributed by atoms with Gasteiger partial charge in [0.2, 0.25) is 5.95 Å². The van der Waals surface area contributed by atoms with Gasteiger partial charge in [-0.3, -0.25) is 0 Å². The number of ether oxygens (including phenoxy) is 1. The average Bonchev–Trinajstić information content (AvgIpc) is 3.84. The number of halogens is 1. The lowest BCUT2D eigenvalue weighted by atomic mass is 9.85. The molecule has 0 aliphatic carbocycles. The molecule has 266 valence electrons. The first-order valence-corrected chi connectivity index (χ1v) is 19.4. The van der Waals surface area contributed by atoms with Crippen molar-refractivity contribution < 1.29 is 9.13 Å². The number of benzene rings is 1. The highest BCUT2D eigenvalue weighted by atomic mass is 32.1. The van der Waals surface area contributed by atoms with Crippen molar-refractivity contribution >= 4 is 59.1 Å². The van der Waals surface area contributed by atoms with Crippen LogP contribution in [0.5, 0.6) is 0 Å². The van der Waals surface area contributed by atoms with E-state index in [0.29, 0.717) is 40.1 Å². The fourth-order valence-corrected chi connectivity index (χ4v) is 8.36. The van der Waals surface area contributed by atoms with Gasteiger partial charge in [0, 0.05) is 41.6 Å². The molecule has 2 aromatic heterocycles. The molecule has 1 fully saturated rings. The van der Waals surface area contributed by atoms with Gasteiger partial charge in [-0.2, -0.15) is 5.26 Å². The van der Waals surface area contributed by atoms with Crippen LogP contribution in [0.3, 0.4) is 0 Å². The first-order valence-electron chi connectivity index (χ1n) is 18.0. The maximum Gasteiger partial charge on any atom is 0.225 e. The second kappa shape index (κ2) is 17.9. The number of allylic oxidation sites excluding steroid dienone is 2. The normalized spacial score (nSPS) is 16.7. The maximum absolute atomic E-state index is 15.2. The largest absolute Gasteiger partial charge is 0.389 e. The quantitative estimate of drug-likeness (QED) is 0.148. The molecule has 2 N–H and O–H groups in total. The molecule has 2 aliphatic heterocycles. The van der Waals surface area contributed by atoms with Crippen molar-refractivity contribution in [2.45, 2.75) is 113 Å². The molecule has 2 atom stereocenters. The van der Waals surface area contributed by atoms with E-state index in [0.717, 1.165) is 93.3 Å². The summed E-state index contributed by atoms with van der Waals surface area (Å²) in [6.07, 6.45) is 10.5. The van der Waals surface area contributed by atoms with E-state index in [1.807, 2.05) is 13.1 Å². The topological polar surface area (TPSA) is 91.3 Å². The van der Waals surface area contributed by atoms with Crippen LogP contribution in [0.4, 0.5) is 15.3 Å². The molecule has 49 heavy (non-hydrogen) atoms. The number of nitrogen functional groups attached to an aromatic ring is 1. The van der Waals surface area contributed by atoms with Crippen LogP contribution in [0.2, 0.25) is 0 Å². The lowest BCUT2D eigenvalue weighted by molar-refractivity contribution is 0.135. The molecule has 1 aromatic carbocycles. The van der Waals surface area contributed by atoms with Crippen molar-refractivity contribution in [3.63, 3.8) is 0 Å². The Morgan fingerprint density at radius 1 is 1.20 bits per heavy atom. The smallest absolute Gasteiger partial charge is 0.225 e. The van der Waals surface area contributed by atoms with Gasteiger partial charge in [0.15, 0.2) is 0 Å². The Labute approximate surface area is 300 Å². The van der Waals surface area contributed by atoms with Crippen LogP contribution in [-0.4, -0.2) is 47.1 Å². The summed E-state index contributed by atoms with van der Waals surface area (Å²) < 4.78 is 21.2. The Balaban J connectivity index is 0.000000386. The number of nitrogens with two attached hydrogens (primary N) is 1. The van der Waals surface area contributed by atoms with Gasteiger partial charge in [0.05, 0.1) is 29.2 Å². The standard InChI is InChI=1S/C28H31FN5OPS.C11H25N/c1-5-15(4)21(23-16(9-30)27(31)37-26(23)20(29)6-2)22-19-13-35-12-18(19)17-10-32-28(33-24(17)25(22)36)34-8-7-14(3)11-34;1-5-7-8-10-12(9-6-2)11(3)4/h6,10,14H,5,7-8,11-13,31,36H2,1-4H3;11H,5-10H2,1-4H3/b20-6+,21-15+;. The zero-order valence-corrected chi connectivity index (χ0v) is 32.9. The van der Waals surface area contributed by atoms with Gasteiger partial charge < -0.3 is 20.3 Å². The summed E-state index contributed by atoms with van der Waals surface area (Å²) in [4.78, 5) is 15.0. The molecule has 0 bridgehead atoms. The van der Waals surface area contributed by atoms with Crippen LogP contribution in [0.25, 0.3) is 22.3 Å². The minimum atomic E-state index is -0.388. The van der Waals surface area contributed by atoms with Crippen molar-refractivity contribution in [2.24, 2.45) is 5.92 Å². The number of aromatic nitrogens is 2. The lowest BCUT2D eigenvalue weighted by Crippen LogP contribution is -2.32. The number of anilines is 2. The molecule has 0 spiro atoms. The summed E-state index contributed by atoms with van der Waals surface area (Å²) in [5.74, 6) is 0.941. The number of rotatable bonds is 12. The molecule has 1 saturated heterocycles. The van der Waals surface area contributed by atoms with Gasteiger partial charge >= 0.3 is 0 Å². The van der Waals surface area contributed by atoms with Crippen LogP contribution in [0.1, 0.15) is 127 Å². The molecule has 5 rings (SSSR count). The highest BCUT2D eigenvalue weighted by molar-refractivity contribution is 7.28. The molecule has 7 nitrogen and oxygen atoms in total. The number of unbranched alkanes of at least 4 members (excludes halogenated alkanes) is 2. The van der Waals surface area contributed by atoms with Crippen molar-refractivity contribution in [3.05, 3.63) is 50.5 Å². The molecule has 0 saturated carbocycles. The average molecular weight is 707 g/mol. The third-order valence-electron chi connectivity index (χ3n) is 9.76. The molecule has 3 aromatic rings. The van der Waals surface area contributed by atoms with Crippen molar-refractivity contribution in [3.8, 4) is 6.07 Å². The summed E-state index contributed by atoms with van der Waals surface area (Å²) in [5, 5.41) is 12.3. The highest BCUT2D eigenvalue weighted by Crippen LogP contribution is 2.46. The van der Waals surface area contributed by atoms with Gasteiger partial charge in [-0.05, 0) is 94.6 Å². The Kier molecular flexibility index (Phi) is 14.2. The third kappa shape index (κ3) is 8.53. The van der Waals surface area contributed by atoms with Gasteiger partial charge in [-0.1, -0.05) is 52.2 Å². The first kappa shape index (κ1) is 38.9. The summed E-state index contributed by atoms with van der Waals surface area (Å²) in [6.45, 7) is 22.4. The van der Waals surface area contributed by atoms with Crippen LogP contribution in [0, 0.1) is 17.2 Å². The number of nitrogens with zero attached hydrogens (tertiary/aromatic N) is 5. The van der Waals surface area contributed by atoms with Crippen LogP contribution in [-0.2, 0) is 18.0 Å². The van der Waals surface area contributed by atoms with E-state index in [1.165, 1.54) is 44.8 Å². The summed E-state index contributed by atoms with van der Waals surface area (Å²) >= 11 is 1.12. The van der Waals surface area contributed by atoms with Gasteiger partial charge in [-0.15, -0.1) is 20.6 Å². The van der Waals surface area contributed by atoms with E-state index < -0.39 is 0 Å². The molecule has 4 heterocycles. The fourth-order valence-electron chi connectivity index (χ4n) is 6.83. The summed E-state index contributed by atoms with van der Waals surface area (Å²) in [6, 6.07) is 2.98. The molecule has 0 radical (unpaired) electrons. The number of hydrogen-bond acceptors (Lipinski definition) is 8. The van der Waals surface area contributed by atoms with E-state index in [-0.39, 0.29) is 5.83 Å². The highest BCUT2D eigenvalue weighted by Gasteiger charge is 2.31. The Bertz CT molecular complexity index is 1720. The maximum atomic E-state index is 15.2. The number of hydrogen-bond donors (Lipinski definition) is 1. The SMILES string of the molecule is C/C=C(/F)c1sc(N)c(C#N)c1/C(=C(\C)CC)c1c2c(c3cnc(N4CCC(C)C4)nc3c1P)COC2.CCCCCN(CCC)C(C)C. The van der Waals surface area contributed by atoms with Crippen molar-refractivity contribution in [1.29, 1.82) is 5.26 Å². The molecule has 10 heteroatoms. The van der Waals surface area contributed by atoms with Gasteiger partial charge in [0.25, 0.3) is 0 Å². The Morgan fingerprint density at radius 2 is 1.94 bits per heavy atom. The minimum Gasteiger partial charge on any atom is -0.389 e. The Morgan fingerprint density at radius 3 is 2.53 bits per heavy atom. The first-order chi connectivity index (χ1) is 23.5. The second-order valence-corrected chi connectivity index (χ2v) is 15.3. The van der Waals surface area contributed by atoms with Crippen LogP contribution >= 0.6 is 20.6 Å². The number of fused-ring (bicyclic) bond motifs is 3. The lowest BCUT2D eigenvalue weighted by Gasteiger charge is -2.25. The minimum absolute atomic E-state index is 0.311. The molecule has 2 unspecified atom stereocenters. The summed E-state index contributed by atoms with van der Waals surface area (Å²) in [5.41, 5.74) is 12.9. The molecule has 2 aliphatic rings. The molecular formula is C39H56FN6OPS. The van der Waals surface area contributed by atoms with Gasteiger partial charge in [-0.25, -0.2) is 14.4 Å². The van der Waals surface area contributed by atoms with E-state index >= 15 is 4.39 Å². The van der Waals surface area contributed by atoms with E-state index in [9.17, 15) is 5.26 Å². The van der Waals surface area contributed by atoms with Gasteiger partial charge in [0.1, 0.15) is 16.9 Å². The number of thiophene rings is 1. The van der Waals surface area contributed by atoms with Crippen molar-refractivity contribution in [1.82, 2.24) is 14.9 Å². The Hall–Kier alpha value is -2.89. The number of nitriles is 1. The molecule has 0 amide bonds. The monoisotopic (exact) mass is 706 g/mol. The van der Waals surface area contributed by atoms with E-state index in [4.69, 9.17) is 20.4 Å². The zero-order valence-electron chi connectivity index (χ0n) is 30.9. The van der Waals surface area contributed by atoms with E-state index in [1.54, 1.807) is 6.92 Å². The predicted molar refractivity (Wildman–Crippen MR) is 210 cm³/mol. The predicted octanol–water partition coefficient (Wildman–Crippen LogP) is 9.38. The van der Waals surface area contributed by atoms with Crippen LogP contribution in [0.15, 0.2) is 17.8 Å². The fraction of sp³-hybridized carbons (Fsp3) is 0.564. The van der Waals surface area contributed by atoms with Crippen molar-refractivity contribution in [2.75, 3.05) is 36.8 Å². The second-order valence-electron chi connectivity index (χ2n) is 13.7. The summed E-state index contributed by atoms with van der Waals surface area (Å²) in [7, 11) is 2.88. The third-order valence-corrected chi connectivity index (χ3v) is 11.3. The zero-order chi connectivity index (χ0) is 35.8. The van der Waals surface area contributed by atoms with E-state index in [2.05, 4.69) is 66.7 Å². The van der Waals surface area contributed by atoms with Crippen LogP contribution < -0.4 is 15.9 Å².